The quantitative estimate of drug-likeness (QED) is 0.822. The minimum absolute atomic E-state index is 0.128. The van der Waals surface area contributed by atoms with Crippen molar-refractivity contribution in [1.82, 2.24) is 9.47 Å². The fraction of sp³-hybridized carbons (Fsp3) is 0.500. The molecule has 0 spiro atoms. The van der Waals surface area contributed by atoms with Crippen molar-refractivity contribution in [3.63, 3.8) is 0 Å². The molecule has 0 radical (unpaired) electrons. The summed E-state index contributed by atoms with van der Waals surface area (Å²) in [6, 6.07) is 4.38. The molecule has 1 aromatic rings. The number of aromatic nitrogens is 1. The van der Waals surface area contributed by atoms with Gasteiger partial charge in [0.2, 0.25) is 5.91 Å². The zero-order chi connectivity index (χ0) is 15.2. The molecule has 1 unspecified atom stereocenters. The summed E-state index contributed by atoms with van der Waals surface area (Å²) >= 11 is 0. The van der Waals surface area contributed by atoms with E-state index in [0.717, 1.165) is 0 Å². The van der Waals surface area contributed by atoms with Crippen molar-refractivity contribution in [2.24, 2.45) is 0 Å². The Labute approximate surface area is 121 Å². The van der Waals surface area contributed by atoms with Gasteiger partial charge in [-0.1, -0.05) is 6.07 Å². The van der Waals surface area contributed by atoms with E-state index in [9.17, 15) is 14.4 Å². The molecule has 2 heterocycles. The summed E-state index contributed by atoms with van der Waals surface area (Å²) in [5.74, 6) is -1.11. The molecule has 7 nitrogen and oxygen atoms in total. The normalized spacial score (nSPS) is 18.5. The molecule has 1 aliphatic rings. The number of aliphatic carboxylic acids is 1. The summed E-state index contributed by atoms with van der Waals surface area (Å²) in [5.41, 5.74) is -0.158. The van der Waals surface area contributed by atoms with Crippen LogP contribution >= 0.6 is 0 Å². The van der Waals surface area contributed by atoms with Gasteiger partial charge in [-0.15, -0.1) is 0 Å². The van der Waals surface area contributed by atoms with Gasteiger partial charge in [-0.3, -0.25) is 14.4 Å². The Balaban J connectivity index is 1.96. The van der Waals surface area contributed by atoms with Crippen LogP contribution in [0.4, 0.5) is 0 Å². The van der Waals surface area contributed by atoms with Gasteiger partial charge in [0.15, 0.2) is 0 Å². The van der Waals surface area contributed by atoms with E-state index in [-0.39, 0.29) is 37.5 Å². The Morgan fingerprint density at radius 1 is 1.38 bits per heavy atom. The van der Waals surface area contributed by atoms with Crippen molar-refractivity contribution >= 4 is 11.9 Å². The molecule has 0 aromatic carbocycles. The summed E-state index contributed by atoms with van der Waals surface area (Å²) in [5, 5.41) is 8.87. The summed E-state index contributed by atoms with van der Waals surface area (Å²) in [7, 11) is 0. The number of aryl methyl sites for hydroxylation is 1. The number of ether oxygens (including phenoxy) is 1. The van der Waals surface area contributed by atoms with E-state index < -0.39 is 12.0 Å². The highest BCUT2D eigenvalue weighted by Crippen LogP contribution is 2.12. The Morgan fingerprint density at radius 2 is 2.19 bits per heavy atom. The maximum Gasteiger partial charge on any atom is 0.305 e. The largest absolute Gasteiger partial charge is 0.481 e. The van der Waals surface area contributed by atoms with E-state index in [4.69, 9.17) is 9.84 Å². The number of carboxylic acid groups (broad SMARTS) is 1. The minimum Gasteiger partial charge on any atom is -0.481 e. The molecule has 1 aromatic heterocycles. The molecule has 0 bridgehead atoms. The zero-order valence-corrected chi connectivity index (χ0v) is 11.6. The number of hydrogen-bond donors (Lipinski definition) is 1. The highest BCUT2D eigenvalue weighted by Gasteiger charge is 2.28. The van der Waals surface area contributed by atoms with E-state index >= 15 is 0 Å². The minimum atomic E-state index is -0.956. The zero-order valence-electron chi connectivity index (χ0n) is 11.6. The Hall–Kier alpha value is -2.15. The molecule has 1 fully saturated rings. The number of hydrogen-bond acceptors (Lipinski definition) is 4. The van der Waals surface area contributed by atoms with Crippen molar-refractivity contribution in [1.29, 1.82) is 0 Å². The molecule has 0 aliphatic carbocycles. The highest BCUT2D eigenvalue weighted by atomic mass is 16.5. The predicted molar refractivity (Wildman–Crippen MR) is 73.9 cm³/mol. The van der Waals surface area contributed by atoms with Gasteiger partial charge < -0.3 is 19.3 Å². The monoisotopic (exact) mass is 294 g/mol. The Morgan fingerprint density at radius 3 is 2.90 bits per heavy atom. The van der Waals surface area contributed by atoms with Crippen molar-refractivity contribution in [3.8, 4) is 0 Å². The molecular weight excluding hydrogens is 276 g/mol. The standard InChI is InChI=1S/C14H18N2O5/c17-12-3-1-2-5-15(12)6-4-13(18)16-7-8-21-10-11(16)9-14(19)20/h1-3,5,11H,4,6-10H2,(H,19,20). The lowest BCUT2D eigenvalue weighted by Crippen LogP contribution is -2.49. The van der Waals surface area contributed by atoms with Gasteiger partial charge in [0.05, 0.1) is 25.7 Å². The lowest BCUT2D eigenvalue weighted by molar-refractivity contribution is -0.146. The van der Waals surface area contributed by atoms with Crippen LogP contribution in [0.2, 0.25) is 0 Å². The second kappa shape index (κ2) is 7.03. The number of carbonyl (C=O) groups is 2. The van der Waals surface area contributed by atoms with Crippen LogP contribution in [0.3, 0.4) is 0 Å². The molecule has 114 valence electrons. The number of carbonyl (C=O) groups excluding carboxylic acids is 1. The van der Waals surface area contributed by atoms with Crippen LogP contribution in [0.25, 0.3) is 0 Å². The van der Waals surface area contributed by atoms with Gasteiger partial charge in [-0.25, -0.2) is 0 Å². The maximum atomic E-state index is 12.2. The van der Waals surface area contributed by atoms with Crippen LogP contribution in [-0.4, -0.2) is 52.3 Å². The average Bonchev–Trinajstić information content (AvgIpc) is 2.46. The lowest BCUT2D eigenvalue weighted by atomic mass is 10.1. The van der Waals surface area contributed by atoms with Gasteiger partial charge in [0.1, 0.15) is 0 Å². The molecule has 1 N–H and O–H groups in total. The van der Waals surface area contributed by atoms with Gasteiger partial charge in [-0.05, 0) is 6.07 Å². The predicted octanol–water partition coefficient (Wildman–Crippen LogP) is -0.0595. The SMILES string of the molecule is O=C(O)CC1COCCN1C(=O)CCn1ccccc1=O. The van der Waals surface area contributed by atoms with Crippen LogP contribution in [-0.2, 0) is 20.9 Å². The molecule has 0 saturated carbocycles. The summed E-state index contributed by atoms with van der Waals surface area (Å²) < 4.78 is 6.70. The summed E-state index contributed by atoms with van der Waals surface area (Å²) in [6.07, 6.45) is 1.67. The first-order valence-corrected chi connectivity index (χ1v) is 6.82. The van der Waals surface area contributed by atoms with E-state index in [0.29, 0.717) is 13.2 Å². The van der Waals surface area contributed by atoms with Crippen molar-refractivity contribution in [2.45, 2.75) is 25.4 Å². The average molecular weight is 294 g/mol. The third-order valence-electron chi connectivity index (χ3n) is 3.42. The third kappa shape index (κ3) is 4.16. The number of carboxylic acids is 1. The lowest BCUT2D eigenvalue weighted by Gasteiger charge is -2.35. The molecule has 7 heteroatoms. The second-order valence-electron chi connectivity index (χ2n) is 4.90. The van der Waals surface area contributed by atoms with E-state index in [1.165, 1.54) is 10.6 Å². The van der Waals surface area contributed by atoms with Crippen LogP contribution in [0.15, 0.2) is 29.2 Å². The van der Waals surface area contributed by atoms with Crippen molar-refractivity contribution in [3.05, 3.63) is 34.7 Å². The van der Waals surface area contributed by atoms with Gasteiger partial charge >= 0.3 is 5.97 Å². The molecule has 2 rings (SSSR count). The third-order valence-corrected chi connectivity index (χ3v) is 3.42. The number of rotatable bonds is 5. The molecule has 21 heavy (non-hydrogen) atoms. The van der Waals surface area contributed by atoms with Crippen LogP contribution in [0.1, 0.15) is 12.8 Å². The summed E-state index contributed by atoms with van der Waals surface area (Å²) in [4.78, 5) is 36.2. The first-order valence-electron chi connectivity index (χ1n) is 6.82. The molecule has 1 atom stereocenters. The Bertz CT molecular complexity index is 568. The maximum absolute atomic E-state index is 12.2. The van der Waals surface area contributed by atoms with Gasteiger partial charge in [0, 0.05) is 31.8 Å². The van der Waals surface area contributed by atoms with Crippen molar-refractivity contribution in [2.75, 3.05) is 19.8 Å². The van der Waals surface area contributed by atoms with Crippen LogP contribution < -0.4 is 5.56 Å². The Kier molecular flexibility index (Phi) is 5.10. The smallest absolute Gasteiger partial charge is 0.305 e. The first kappa shape index (κ1) is 15.2. The number of pyridine rings is 1. The number of nitrogens with zero attached hydrogens (tertiary/aromatic N) is 2. The molecule has 1 amide bonds. The van der Waals surface area contributed by atoms with Crippen molar-refractivity contribution < 1.29 is 19.4 Å². The molecule has 1 saturated heterocycles. The topological polar surface area (TPSA) is 88.8 Å². The van der Waals surface area contributed by atoms with E-state index in [1.807, 2.05) is 0 Å². The first-order chi connectivity index (χ1) is 10.1. The fourth-order valence-corrected chi connectivity index (χ4v) is 2.36. The van der Waals surface area contributed by atoms with Crippen LogP contribution in [0.5, 0.6) is 0 Å². The second-order valence-corrected chi connectivity index (χ2v) is 4.90. The van der Waals surface area contributed by atoms with Gasteiger partial charge in [-0.2, -0.15) is 0 Å². The molecule has 1 aliphatic heterocycles. The molecular formula is C14H18N2O5. The number of amides is 1. The fourth-order valence-electron chi connectivity index (χ4n) is 2.36. The van der Waals surface area contributed by atoms with Crippen LogP contribution in [0, 0.1) is 0 Å². The highest BCUT2D eigenvalue weighted by molar-refractivity contribution is 5.77. The number of morpholine rings is 1. The summed E-state index contributed by atoms with van der Waals surface area (Å²) in [6.45, 7) is 1.33. The van der Waals surface area contributed by atoms with Gasteiger partial charge in [0.25, 0.3) is 5.56 Å². The van der Waals surface area contributed by atoms with E-state index in [1.54, 1.807) is 23.2 Å². The van der Waals surface area contributed by atoms with E-state index in [2.05, 4.69) is 0 Å².